The fourth-order valence-electron chi connectivity index (χ4n) is 2.01. The minimum atomic E-state index is 0.356. The molecule has 0 spiro atoms. The zero-order valence-corrected chi connectivity index (χ0v) is 9.78. The van der Waals surface area contributed by atoms with Gasteiger partial charge in [0.2, 0.25) is 0 Å². The molecule has 1 aliphatic rings. The molecular formula is C13H17N3O. The molecule has 2 rings (SSSR count). The molecule has 1 fully saturated rings. The van der Waals surface area contributed by atoms with Crippen molar-refractivity contribution in [3.05, 3.63) is 23.8 Å². The van der Waals surface area contributed by atoms with Gasteiger partial charge in [-0.15, -0.1) is 0 Å². The summed E-state index contributed by atoms with van der Waals surface area (Å²) in [6.07, 6.45) is 2.41. The van der Waals surface area contributed by atoms with Crippen molar-refractivity contribution >= 4 is 11.4 Å². The summed E-state index contributed by atoms with van der Waals surface area (Å²) in [4.78, 5) is 0. The largest absolute Gasteiger partial charge is 0.398 e. The molecule has 4 heteroatoms. The fraction of sp³-hybridized carbons (Fsp3) is 0.462. The van der Waals surface area contributed by atoms with Crippen molar-refractivity contribution in [1.82, 2.24) is 0 Å². The lowest BCUT2D eigenvalue weighted by Crippen LogP contribution is -2.27. The van der Waals surface area contributed by atoms with Gasteiger partial charge < -0.3 is 15.8 Å². The van der Waals surface area contributed by atoms with E-state index in [0.717, 1.165) is 37.3 Å². The maximum absolute atomic E-state index is 8.71. The molecule has 17 heavy (non-hydrogen) atoms. The quantitative estimate of drug-likeness (QED) is 0.780. The van der Waals surface area contributed by atoms with E-state index in [4.69, 9.17) is 15.7 Å². The van der Waals surface area contributed by atoms with Crippen molar-refractivity contribution in [1.29, 1.82) is 5.26 Å². The summed E-state index contributed by atoms with van der Waals surface area (Å²) in [5, 5.41) is 12.2. The van der Waals surface area contributed by atoms with Gasteiger partial charge in [-0.1, -0.05) is 0 Å². The van der Waals surface area contributed by atoms with E-state index in [9.17, 15) is 0 Å². The van der Waals surface area contributed by atoms with E-state index in [1.54, 1.807) is 0 Å². The van der Waals surface area contributed by atoms with Gasteiger partial charge in [0.25, 0.3) is 0 Å². The zero-order chi connectivity index (χ0) is 12.1. The highest BCUT2D eigenvalue weighted by molar-refractivity contribution is 5.58. The average Bonchev–Trinajstić information content (AvgIpc) is 2.35. The highest BCUT2D eigenvalue weighted by Gasteiger charge is 2.13. The van der Waals surface area contributed by atoms with Crippen molar-refractivity contribution in [2.24, 2.45) is 0 Å². The molecule has 1 aliphatic heterocycles. The second-order valence-electron chi connectivity index (χ2n) is 4.28. The molecule has 0 saturated carbocycles. The summed E-state index contributed by atoms with van der Waals surface area (Å²) in [7, 11) is 0. The molecule has 3 N–H and O–H groups in total. The molecule has 0 unspecified atom stereocenters. The third-order valence-corrected chi connectivity index (χ3v) is 3.00. The first-order valence-corrected chi connectivity index (χ1v) is 5.89. The molecule has 4 nitrogen and oxygen atoms in total. The molecule has 1 saturated heterocycles. The van der Waals surface area contributed by atoms with Crippen LogP contribution in [0.15, 0.2) is 18.2 Å². The minimum Gasteiger partial charge on any atom is -0.398 e. The summed E-state index contributed by atoms with van der Waals surface area (Å²) in [6, 6.07) is 8.37. The summed E-state index contributed by atoms with van der Waals surface area (Å²) in [6.45, 7) is 1.63. The van der Waals surface area contributed by atoms with Crippen molar-refractivity contribution in [3.8, 4) is 6.07 Å². The van der Waals surface area contributed by atoms with Crippen molar-refractivity contribution < 1.29 is 4.74 Å². The van der Waals surface area contributed by atoms with Gasteiger partial charge in [-0.05, 0) is 36.6 Å². The third-order valence-electron chi connectivity index (χ3n) is 3.00. The van der Waals surface area contributed by atoms with Crippen LogP contribution in [0.5, 0.6) is 0 Å². The first-order chi connectivity index (χ1) is 8.29. The van der Waals surface area contributed by atoms with Gasteiger partial charge in [-0.3, -0.25) is 0 Å². The predicted molar refractivity (Wildman–Crippen MR) is 67.6 cm³/mol. The lowest BCUT2D eigenvalue weighted by Gasteiger charge is -2.24. The van der Waals surface area contributed by atoms with Crippen LogP contribution in [0.1, 0.15) is 18.4 Å². The van der Waals surface area contributed by atoms with Crippen LogP contribution in [-0.2, 0) is 11.2 Å². The standard InChI is InChI=1S/C13H17N3O/c14-6-3-10-9-12(1-2-13(10)15)16-11-4-7-17-8-5-11/h1-2,9,11,16H,3-5,7-8,15H2. The number of hydrogen-bond donors (Lipinski definition) is 2. The van der Waals surface area contributed by atoms with Gasteiger partial charge in [-0.25, -0.2) is 0 Å². The summed E-state index contributed by atoms with van der Waals surface area (Å²) >= 11 is 0. The van der Waals surface area contributed by atoms with Crippen LogP contribution in [0.3, 0.4) is 0 Å². The Balaban J connectivity index is 2.05. The smallest absolute Gasteiger partial charge is 0.0670 e. The van der Waals surface area contributed by atoms with E-state index in [1.807, 2.05) is 18.2 Å². The number of nitriles is 1. The number of nitrogens with one attached hydrogen (secondary N) is 1. The Bertz CT molecular complexity index is 419. The summed E-state index contributed by atoms with van der Waals surface area (Å²) in [5.41, 5.74) is 8.43. The van der Waals surface area contributed by atoms with Crippen molar-refractivity contribution in [3.63, 3.8) is 0 Å². The molecule has 0 aliphatic carbocycles. The topological polar surface area (TPSA) is 71.1 Å². The van der Waals surface area contributed by atoms with E-state index >= 15 is 0 Å². The molecule has 1 heterocycles. The van der Waals surface area contributed by atoms with Gasteiger partial charge in [0.15, 0.2) is 0 Å². The van der Waals surface area contributed by atoms with Crippen LogP contribution in [0.4, 0.5) is 11.4 Å². The molecular weight excluding hydrogens is 214 g/mol. The second kappa shape index (κ2) is 5.55. The third kappa shape index (κ3) is 3.11. The second-order valence-corrected chi connectivity index (χ2v) is 4.28. The number of ether oxygens (including phenoxy) is 1. The molecule has 0 aromatic heterocycles. The monoisotopic (exact) mass is 231 g/mol. The average molecular weight is 231 g/mol. The summed E-state index contributed by atoms with van der Waals surface area (Å²) < 4.78 is 5.32. The van der Waals surface area contributed by atoms with Crippen LogP contribution in [-0.4, -0.2) is 19.3 Å². The van der Waals surface area contributed by atoms with Gasteiger partial charge in [0, 0.05) is 30.6 Å². The van der Waals surface area contributed by atoms with E-state index in [2.05, 4.69) is 11.4 Å². The minimum absolute atomic E-state index is 0.356. The van der Waals surface area contributed by atoms with E-state index < -0.39 is 0 Å². The summed E-state index contributed by atoms with van der Waals surface area (Å²) in [5.74, 6) is 0. The molecule has 0 radical (unpaired) electrons. The highest BCUT2D eigenvalue weighted by atomic mass is 16.5. The number of nitrogens with two attached hydrogens (primary N) is 1. The van der Waals surface area contributed by atoms with Crippen LogP contribution >= 0.6 is 0 Å². The Morgan fingerprint density at radius 3 is 2.88 bits per heavy atom. The number of hydrogen-bond acceptors (Lipinski definition) is 4. The molecule has 0 bridgehead atoms. The SMILES string of the molecule is N#CCc1cc(NC2CCOCC2)ccc1N. The normalized spacial score (nSPS) is 16.4. The number of nitrogen functional groups attached to an aromatic ring is 1. The number of rotatable bonds is 3. The van der Waals surface area contributed by atoms with E-state index in [0.29, 0.717) is 18.2 Å². The molecule has 0 atom stereocenters. The van der Waals surface area contributed by atoms with Crippen LogP contribution < -0.4 is 11.1 Å². The van der Waals surface area contributed by atoms with Crippen LogP contribution in [0.2, 0.25) is 0 Å². The Morgan fingerprint density at radius 2 is 2.18 bits per heavy atom. The Kier molecular flexibility index (Phi) is 3.84. The first kappa shape index (κ1) is 11.7. The van der Waals surface area contributed by atoms with E-state index in [1.165, 1.54) is 0 Å². The van der Waals surface area contributed by atoms with Crippen LogP contribution in [0.25, 0.3) is 0 Å². The van der Waals surface area contributed by atoms with Gasteiger partial charge in [-0.2, -0.15) is 5.26 Å². The maximum atomic E-state index is 8.71. The number of nitrogens with zero attached hydrogens (tertiary/aromatic N) is 1. The highest BCUT2D eigenvalue weighted by Crippen LogP contribution is 2.21. The molecule has 1 aromatic rings. The first-order valence-electron chi connectivity index (χ1n) is 5.89. The Hall–Kier alpha value is -1.73. The Morgan fingerprint density at radius 1 is 1.41 bits per heavy atom. The van der Waals surface area contributed by atoms with Crippen molar-refractivity contribution in [2.45, 2.75) is 25.3 Å². The van der Waals surface area contributed by atoms with Gasteiger partial charge in [0.05, 0.1) is 12.5 Å². The van der Waals surface area contributed by atoms with Crippen LogP contribution in [0, 0.1) is 11.3 Å². The predicted octanol–water partition coefficient (Wildman–Crippen LogP) is 1.93. The fourth-order valence-corrected chi connectivity index (χ4v) is 2.01. The Labute approximate surface area is 101 Å². The van der Waals surface area contributed by atoms with E-state index in [-0.39, 0.29) is 0 Å². The van der Waals surface area contributed by atoms with Gasteiger partial charge >= 0.3 is 0 Å². The molecule has 90 valence electrons. The zero-order valence-electron chi connectivity index (χ0n) is 9.78. The number of benzene rings is 1. The van der Waals surface area contributed by atoms with Gasteiger partial charge in [0.1, 0.15) is 0 Å². The molecule has 0 amide bonds. The van der Waals surface area contributed by atoms with Crippen molar-refractivity contribution in [2.75, 3.05) is 24.3 Å². The lowest BCUT2D eigenvalue weighted by atomic mass is 10.1. The maximum Gasteiger partial charge on any atom is 0.0670 e. The molecule has 1 aromatic carbocycles. The lowest BCUT2D eigenvalue weighted by molar-refractivity contribution is 0.0904. The number of anilines is 2.